The van der Waals surface area contributed by atoms with Crippen LogP contribution >= 0.6 is 0 Å². The van der Waals surface area contributed by atoms with Crippen LogP contribution in [0.5, 0.6) is 0 Å². The summed E-state index contributed by atoms with van der Waals surface area (Å²) in [4.78, 5) is 15.6. The Morgan fingerprint density at radius 3 is 2.61 bits per heavy atom. The van der Waals surface area contributed by atoms with E-state index in [0.717, 1.165) is 10.6 Å². The van der Waals surface area contributed by atoms with Crippen LogP contribution in [0.3, 0.4) is 0 Å². The number of aromatic nitrogens is 3. The van der Waals surface area contributed by atoms with Crippen molar-refractivity contribution >= 4 is 5.65 Å². The van der Waals surface area contributed by atoms with Crippen LogP contribution in [0.4, 0.5) is 13.2 Å². The molecule has 1 fully saturated rings. The fourth-order valence-corrected chi connectivity index (χ4v) is 1.84. The van der Waals surface area contributed by atoms with Crippen LogP contribution in [0.2, 0.25) is 0 Å². The van der Waals surface area contributed by atoms with Gasteiger partial charge in [-0.3, -0.25) is 9.89 Å². The van der Waals surface area contributed by atoms with Gasteiger partial charge in [0.05, 0.1) is 5.56 Å². The molecule has 2 aromatic heterocycles. The third-order valence-corrected chi connectivity index (χ3v) is 2.97. The molecule has 0 saturated carbocycles. The molecule has 0 amide bonds. The smallest absolute Gasteiger partial charge is 0.315 e. The van der Waals surface area contributed by atoms with Gasteiger partial charge in [-0.25, -0.2) is 9.50 Å². The average molecular weight is 258 g/mol. The summed E-state index contributed by atoms with van der Waals surface area (Å²) >= 11 is 0. The van der Waals surface area contributed by atoms with Crippen molar-refractivity contribution in [2.75, 3.05) is 13.1 Å². The van der Waals surface area contributed by atoms with Crippen molar-refractivity contribution in [2.45, 2.75) is 12.1 Å². The molecule has 0 aliphatic carbocycles. The number of alkyl halides is 3. The summed E-state index contributed by atoms with van der Waals surface area (Å²) in [5, 5.41) is 5.76. The molecule has 1 aliphatic rings. The van der Waals surface area contributed by atoms with Crippen molar-refractivity contribution in [3.8, 4) is 0 Å². The molecule has 2 aromatic rings. The summed E-state index contributed by atoms with van der Waals surface area (Å²) in [6.07, 6.45) is -4.54. The van der Waals surface area contributed by atoms with Crippen LogP contribution in [0.15, 0.2) is 16.9 Å². The maximum Gasteiger partial charge on any atom is 0.416 e. The maximum atomic E-state index is 12.5. The van der Waals surface area contributed by atoms with Crippen LogP contribution < -0.4 is 10.9 Å². The Bertz CT molecular complexity index is 653. The van der Waals surface area contributed by atoms with Gasteiger partial charge in [0.15, 0.2) is 5.65 Å². The molecule has 1 aliphatic heterocycles. The molecule has 18 heavy (non-hydrogen) atoms. The van der Waals surface area contributed by atoms with E-state index >= 15 is 0 Å². The first kappa shape index (κ1) is 11.3. The first-order valence-corrected chi connectivity index (χ1v) is 5.36. The summed E-state index contributed by atoms with van der Waals surface area (Å²) in [6.45, 7) is 1.42. The topological polar surface area (TPSA) is 62.2 Å². The molecule has 0 atom stereocenters. The van der Waals surface area contributed by atoms with E-state index in [4.69, 9.17) is 0 Å². The van der Waals surface area contributed by atoms with Crippen molar-refractivity contribution in [3.05, 3.63) is 33.9 Å². The monoisotopic (exact) mass is 258 g/mol. The van der Waals surface area contributed by atoms with E-state index in [1.165, 1.54) is 0 Å². The summed E-state index contributed by atoms with van der Waals surface area (Å²) in [5.41, 5.74) is -1.74. The number of hydrogen-bond donors (Lipinski definition) is 2. The Balaban J connectivity index is 2.15. The molecule has 5 nitrogen and oxygen atoms in total. The minimum atomic E-state index is -4.54. The molecule has 0 aromatic carbocycles. The number of fused-ring (bicyclic) bond motifs is 1. The molecule has 0 spiro atoms. The van der Waals surface area contributed by atoms with E-state index in [-0.39, 0.29) is 11.6 Å². The van der Waals surface area contributed by atoms with Gasteiger partial charge in [0.25, 0.3) is 5.56 Å². The predicted octanol–water partition coefficient (Wildman–Crippen LogP) is 0.728. The summed E-state index contributed by atoms with van der Waals surface area (Å²) in [5.74, 6) is 0.656. The van der Waals surface area contributed by atoms with Crippen LogP contribution in [0.1, 0.15) is 17.3 Å². The number of nitrogens with zero attached hydrogens (tertiary/aromatic N) is 2. The lowest BCUT2D eigenvalue weighted by atomic mass is 10.0. The summed E-state index contributed by atoms with van der Waals surface area (Å²) in [7, 11) is 0. The van der Waals surface area contributed by atoms with Gasteiger partial charge in [-0.05, 0) is 6.07 Å². The minimum absolute atomic E-state index is 0.00303. The van der Waals surface area contributed by atoms with Crippen molar-refractivity contribution in [3.63, 3.8) is 0 Å². The van der Waals surface area contributed by atoms with Crippen molar-refractivity contribution in [2.24, 2.45) is 0 Å². The van der Waals surface area contributed by atoms with Crippen molar-refractivity contribution in [1.82, 2.24) is 19.9 Å². The molecular weight excluding hydrogens is 249 g/mol. The Kier molecular flexibility index (Phi) is 2.24. The van der Waals surface area contributed by atoms with Crippen LogP contribution in [-0.2, 0) is 6.18 Å². The van der Waals surface area contributed by atoms with Gasteiger partial charge in [0.1, 0.15) is 5.82 Å². The van der Waals surface area contributed by atoms with Gasteiger partial charge in [-0.2, -0.15) is 13.2 Å². The van der Waals surface area contributed by atoms with Crippen molar-refractivity contribution in [1.29, 1.82) is 0 Å². The Labute approximate surface area is 98.6 Å². The van der Waals surface area contributed by atoms with Gasteiger partial charge in [-0.1, -0.05) is 0 Å². The minimum Gasteiger partial charge on any atom is -0.315 e. The lowest BCUT2D eigenvalue weighted by Crippen LogP contribution is -2.40. The van der Waals surface area contributed by atoms with E-state index < -0.39 is 17.3 Å². The number of nitrogens with one attached hydrogen (secondary N) is 2. The first-order chi connectivity index (χ1) is 8.45. The number of rotatable bonds is 1. The third-order valence-electron chi connectivity index (χ3n) is 2.97. The summed E-state index contributed by atoms with van der Waals surface area (Å²) in [6, 6.07) is 1.43. The van der Waals surface area contributed by atoms with E-state index in [1.807, 2.05) is 0 Å². The molecule has 3 rings (SSSR count). The second-order valence-corrected chi connectivity index (χ2v) is 4.24. The average Bonchev–Trinajstić information content (AvgIpc) is 2.57. The zero-order chi connectivity index (χ0) is 12.9. The van der Waals surface area contributed by atoms with Gasteiger partial charge >= 0.3 is 6.18 Å². The second-order valence-electron chi connectivity index (χ2n) is 4.24. The Hall–Kier alpha value is -1.83. The number of H-pyrrole nitrogens is 1. The van der Waals surface area contributed by atoms with Crippen LogP contribution in [0.25, 0.3) is 5.65 Å². The molecule has 0 radical (unpaired) electrons. The fourth-order valence-electron chi connectivity index (χ4n) is 1.84. The van der Waals surface area contributed by atoms with E-state index in [9.17, 15) is 18.0 Å². The zero-order valence-corrected chi connectivity index (χ0v) is 9.08. The molecule has 96 valence electrons. The van der Waals surface area contributed by atoms with Crippen LogP contribution in [-0.4, -0.2) is 27.7 Å². The number of pyridine rings is 1. The van der Waals surface area contributed by atoms with Gasteiger partial charge < -0.3 is 5.32 Å². The maximum absolute atomic E-state index is 12.5. The van der Waals surface area contributed by atoms with Gasteiger partial charge in [0, 0.05) is 25.1 Å². The quantitative estimate of drug-likeness (QED) is 0.792. The number of aromatic amines is 1. The predicted molar refractivity (Wildman–Crippen MR) is 56.4 cm³/mol. The summed E-state index contributed by atoms with van der Waals surface area (Å²) < 4.78 is 38.7. The van der Waals surface area contributed by atoms with Crippen LogP contribution in [0, 0.1) is 0 Å². The third kappa shape index (κ3) is 1.69. The highest BCUT2D eigenvalue weighted by molar-refractivity contribution is 5.42. The zero-order valence-electron chi connectivity index (χ0n) is 9.08. The Morgan fingerprint density at radius 1 is 1.33 bits per heavy atom. The normalized spacial score (nSPS) is 17.1. The first-order valence-electron chi connectivity index (χ1n) is 5.36. The molecule has 3 heterocycles. The van der Waals surface area contributed by atoms with Gasteiger partial charge in [0.2, 0.25) is 0 Å². The highest BCUT2D eigenvalue weighted by Gasteiger charge is 2.32. The highest BCUT2D eigenvalue weighted by atomic mass is 19.4. The van der Waals surface area contributed by atoms with E-state index in [1.54, 1.807) is 0 Å². The molecule has 0 bridgehead atoms. The Morgan fingerprint density at radius 2 is 2.06 bits per heavy atom. The molecular formula is C10H9F3N4O. The van der Waals surface area contributed by atoms with E-state index in [0.29, 0.717) is 25.0 Å². The SMILES string of the molecule is O=c1cc(C(F)(F)F)cc2nc(C3CNC3)[nH]n12. The van der Waals surface area contributed by atoms with E-state index in [2.05, 4.69) is 15.4 Å². The fraction of sp³-hybridized carbons (Fsp3) is 0.400. The van der Waals surface area contributed by atoms with Gasteiger partial charge in [-0.15, -0.1) is 0 Å². The largest absolute Gasteiger partial charge is 0.416 e. The molecule has 0 unspecified atom stereocenters. The standard InChI is InChI=1S/C10H9F3N4O/c11-10(12,13)6-1-7-15-9(5-3-14-4-5)16-17(7)8(18)2-6/h1-2,5,14H,3-4H2,(H,15,16). The van der Waals surface area contributed by atoms with Crippen molar-refractivity contribution < 1.29 is 13.2 Å². The molecule has 2 N–H and O–H groups in total. The number of hydrogen-bond acceptors (Lipinski definition) is 3. The highest BCUT2D eigenvalue weighted by Crippen LogP contribution is 2.28. The molecule has 8 heteroatoms. The second kappa shape index (κ2) is 3.58. The molecule has 1 saturated heterocycles. The lowest BCUT2D eigenvalue weighted by Gasteiger charge is -2.24. The lowest BCUT2D eigenvalue weighted by molar-refractivity contribution is -0.137. The number of halogens is 3.